The molecule has 2 saturated heterocycles. The van der Waals surface area contributed by atoms with Crippen LogP contribution in [0.25, 0.3) is 11.1 Å². The van der Waals surface area contributed by atoms with Gasteiger partial charge < -0.3 is 14.7 Å². The third-order valence-corrected chi connectivity index (χ3v) is 8.29. The van der Waals surface area contributed by atoms with Crippen LogP contribution in [0, 0.1) is 13.8 Å². The molecule has 1 aliphatic carbocycles. The van der Waals surface area contributed by atoms with Crippen molar-refractivity contribution in [1.29, 1.82) is 0 Å². The number of piperidine rings is 1. The summed E-state index contributed by atoms with van der Waals surface area (Å²) in [5.41, 5.74) is 6.73. The number of ether oxygens (including phenoxy) is 1. The Labute approximate surface area is 200 Å². The number of hydrogen-bond donors (Lipinski definition) is 1. The highest BCUT2D eigenvalue weighted by molar-refractivity contribution is 5.79. The fourth-order valence-corrected chi connectivity index (χ4v) is 6.84. The monoisotopic (exact) mass is 457 g/mol. The van der Waals surface area contributed by atoms with E-state index in [0.29, 0.717) is 19.4 Å². The van der Waals surface area contributed by atoms with Crippen molar-refractivity contribution in [3.05, 3.63) is 76.6 Å². The van der Waals surface area contributed by atoms with Crippen LogP contribution < -0.4 is 0 Å². The smallest absolute Gasteiger partial charge is 0.410 e. The normalized spacial score (nSPS) is 25.4. The number of hydrogen-bond acceptors (Lipinski definition) is 4. The van der Waals surface area contributed by atoms with Gasteiger partial charge in [0.2, 0.25) is 0 Å². The van der Waals surface area contributed by atoms with Crippen LogP contribution in [0.15, 0.2) is 48.5 Å². The molecule has 3 aliphatic rings. The van der Waals surface area contributed by atoms with Crippen molar-refractivity contribution in [2.45, 2.75) is 63.1 Å². The first-order valence-corrected chi connectivity index (χ1v) is 12.2. The number of benzene rings is 2. The van der Waals surface area contributed by atoms with Crippen molar-refractivity contribution in [2.75, 3.05) is 6.61 Å². The molecule has 0 saturated carbocycles. The minimum absolute atomic E-state index is 0.0154. The molecular formula is C28H31N3O3. The molecule has 176 valence electrons. The van der Waals surface area contributed by atoms with Crippen LogP contribution in [0.2, 0.25) is 0 Å². The van der Waals surface area contributed by atoms with Gasteiger partial charge in [-0.25, -0.2) is 4.79 Å². The number of amides is 1. The second kappa shape index (κ2) is 7.70. The molecule has 3 aromatic rings. The molecule has 6 rings (SSSR count). The van der Waals surface area contributed by atoms with Gasteiger partial charge in [-0.05, 0) is 48.9 Å². The molecule has 2 aromatic carbocycles. The summed E-state index contributed by atoms with van der Waals surface area (Å²) in [4.78, 5) is 15.2. The molecule has 2 aliphatic heterocycles. The fourth-order valence-electron chi connectivity index (χ4n) is 6.84. The highest BCUT2D eigenvalue weighted by atomic mass is 16.6. The first-order chi connectivity index (χ1) is 16.4. The van der Waals surface area contributed by atoms with Gasteiger partial charge >= 0.3 is 6.09 Å². The van der Waals surface area contributed by atoms with E-state index < -0.39 is 5.60 Å². The van der Waals surface area contributed by atoms with Gasteiger partial charge in [-0.3, -0.25) is 4.68 Å². The zero-order valence-corrected chi connectivity index (χ0v) is 20.0. The number of nitrogens with zero attached hydrogens (tertiary/aromatic N) is 3. The van der Waals surface area contributed by atoms with Gasteiger partial charge in [0.15, 0.2) is 0 Å². The van der Waals surface area contributed by atoms with Crippen LogP contribution in [0.3, 0.4) is 0 Å². The van der Waals surface area contributed by atoms with Gasteiger partial charge in [-0.1, -0.05) is 48.5 Å². The maximum atomic E-state index is 13.3. The average Bonchev–Trinajstić information content (AvgIpc) is 3.39. The standard InChI is InChI=1S/C28H31N3O3/c1-17-26(18(2)30(3)29-17)28(33)14-19-12-13-20(15-28)31(19)27(32)34-16-25-23-10-6-4-8-21(23)22-9-5-7-11-24(22)25/h4-11,19-20,25,33H,12-16H2,1-3H3. The van der Waals surface area contributed by atoms with Crippen LogP contribution in [0.5, 0.6) is 0 Å². The Kier molecular flexibility index (Phi) is 4.85. The summed E-state index contributed by atoms with van der Waals surface area (Å²) in [7, 11) is 1.91. The van der Waals surface area contributed by atoms with E-state index in [4.69, 9.17) is 4.74 Å². The number of carbonyl (C=O) groups excluding carboxylic acids is 1. The summed E-state index contributed by atoms with van der Waals surface area (Å²) in [6.07, 6.45) is 2.60. The van der Waals surface area contributed by atoms with Crippen molar-refractivity contribution < 1.29 is 14.6 Å². The van der Waals surface area contributed by atoms with E-state index in [1.165, 1.54) is 22.3 Å². The molecule has 2 bridgehead atoms. The molecule has 2 unspecified atom stereocenters. The Morgan fingerprint density at radius 3 is 2.12 bits per heavy atom. The van der Waals surface area contributed by atoms with Crippen LogP contribution in [0.4, 0.5) is 4.79 Å². The molecule has 1 amide bonds. The molecule has 2 atom stereocenters. The lowest BCUT2D eigenvalue weighted by molar-refractivity contribution is -0.0538. The Morgan fingerprint density at radius 1 is 1.03 bits per heavy atom. The first kappa shape index (κ1) is 21.4. The minimum Gasteiger partial charge on any atom is -0.448 e. The Morgan fingerprint density at radius 2 is 1.59 bits per heavy atom. The van der Waals surface area contributed by atoms with Gasteiger partial charge in [0, 0.05) is 49.1 Å². The predicted molar refractivity (Wildman–Crippen MR) is 130 cm³/mol. The summed E-state index contributed by atoms with van der Waals surface area (Å²) in [5.74, 6) is 0.0522. The van der Waals surface area contributed by atoms with Crippen molar-refractivity contribution in [1.82, 2.24) is 14.7 Å². The number of carbonyl (C=O) groups is 1. The van der Waals surface area contributed by atoms with E-state index in [1.54, 1.807) is 0 Å². The molecule has 34 heavy (non-hydrogen) atoms. The van der Waals surface area contributed by atoms with E-state index in [9.17, 15) is 9.90 Å². The number of fused-ring (bicyclic) bond motifs is 5. The van der Waals surface area contributed by atoms with E-state index in [0.717, 1.165) is 29.8 Å². The van der Waals surface area contributed by atoms with Crippen molar-refractivity contribution >= 4 is 6.09 Å². The van der Waals surface area contributed by atoms with Crippen molar-refractivity contribution in [3.63, 3.8) is 0 Å². The highest BCUT2D eigenvalue weighted by Gasteiger charge is 2.52. The second-order valence-electron chi connectivity index (χ2n) is 10.2. The third-order valence-electron chi connectivity index (χ3n) is 8.29. The molecule has 3 heterocycles. The first-order valence-electron chi connectivity index (χ1n) is 12.2. The number of rotatable bonds is 3. The van der Waals surface area contributed by atoms with Gasteiger partial charge in [-0.15, -0.1) is 0 Å². The second-order valence-corrected chi connectivity index (χ2v) is 10.2. The maximum absolute atomic E-state index is 13.3. The fraction of sp³-hybridized carbons (Fsp3) is 0.429. The van der Waals surface area contributed by atoms with Gasteiger partial charge in [0.1, 0.15) is 6.61 Å². The number of aromatic nitrogens is 2. The Hall–Kier alpha value is -3.12. The van der Waals surface area contributed by atoms with Crippen molar-refractivity contribution in [3.8, 4) is 11.1 Å². The summed E-state index contributed by atoms with van der Waals surface area (Å²) in [5, 5.41) is 16.2. The van der Waals surface area contributed by atoms with Crippen LogP contribution in [-0.2, 0) is 17.4 Å². The lowest BCUT2D eigenvalue weighted by atomic mass is 9.79. The topological polar surface area (TPSA) is 67.6 Å². The summed E-state index contributed by atoms with van der Waals surface area (Å²) in [6.45, 7) is 4.29. The molecule has 1 N–H and O–H groups in total. The summed E-state index contributed by atoms with van der Waals surface area (Å²) >= 11 is 0. The van der Waals surface area contributed by atoms with E-state index in [-0.39, 0.29) is 24.1 Å². The molecule has 0 radical (unpaired) electrons. The molecule has 6 nitrogen and oxygen atoms in total. The zero-order chi connectivity index (χ0) is 23.6. The Balaban J connectivity index is 1.20. The predicted octanol–water partition coefficient (Wildman–Crippen LogP) is 4.80. The third kappa shape index (κ3) is 3.12. The van der Waals surface area contributed by atoms with E-state index in [2.05, 4.69) is 41.5 Å². The van der Waals surface area contributed by atoms with Crippen LogP contribution >= 0.6 is 0 Å². The minimum atomic E-state index is -0.950. The lowest BCUT2D eigenvalue weighted by Crippen LogP contribution is -2.52. The zero-order valence-electron chi connectivity index (χ0n) is 20.0. The molecule has 0 spiro atoms. The Bertz CT molecular complexity index is 1220. The number of aryl methyl sites for hydroxylation is 2. The lowest BCUT2D eigenvalue weighted by Gasteiger charge is -2.43. The van der Waals surface area contributed by atoms with Gasteiger partial charge in [0.25, 0.3) is 0 Å². The molecule has 2 fully saturated rings. The van der Waals surface area contributed by atoms with E-state index in [1.807, 2.05) is 42.6 Å². The maximum Gasteiger partial charge on any atom is 0.410 e. The largest absolute Gasteiger partial charge is 0.448 e. The average molecular weight is 458 g/mol. The summed E-state index contributed by atoms with van der Waals surface area (Å²) in [6, 6.07) is 16.7. The van der Waals surface area contributed by atoms with Crippen molar-refractivity contribution in [2.24, 2.45) is 7.05 Å². The highest BCUT2D eigenvalue weighted by Crippen LogP contribution is 2.48. The SMILES string of the molecule is Cc1nn(C)c(C)c1C1(O)CC2CCC(C1)N2C(=O)OCC1c2ccccc2-c2ccccc21. The molecule has 1 aromatic heterocycles. The quantitative estimate of drug-likeness (QED) is 0.614. The number of aliphatic hydroxyl groups is 1. The molecular weight excluding hydrogens is 426 g/mol. The van der Waals surface area contributed by atoms with E-state index >= 15 is 0 Å². The van der Waals surface area contributed by atoms with Gasteiger partial charge in [0.05, 0.1) is 11.3 Å². The van der Waals surface area contributed by atoms with Crippen LogP contribution in [-0.4, -0.2) is 44.6 Å². The molecule has 6 heteroatoms. The van der Waals surface area contributed by atoms with Gasteiger partial charge in [-0.2, -0.15) is 5.10 Å². The van der Waals surface area contributed by atoms with Crippen LogP contribution in [0.1, 0.15) is 59.7 Å². The summed E-state index contributed by atoms with van der Waals surface area (Å²) < 4.78 is 7.81.